The van der Waals surface area contributed by atoms with Crippen LogP contribution in [-0.2, 0) is 0 Å². The Morgan fingerprint density at radius 2 is 1.91 bits per heavy atom. The van der Waals surface area contributed by atoms with Gasteiger partial charge in [0.2, 0.25) is 0 Å². The first-order chi connectivity index (χ1) is 5.16. The quantitative estimate of drug-likeness (QED) is 0.486. The summed E-state index contributed by atoms with van der Waals surface area (Å²) < 4.78 is 0. The molecule has 0 fully saturated rings. The molecule has 0 radical (unpaired) electrons. The Kier molecular flexibility index (Phi) is 7.09. The van der Waals surface area contributed by atoms with Gasteiger partial charge in [-0.05, 0) is 25.3 Å². The second-order valence-corrected chi connectivity index (χ2v) is 3.82. The molecule has 0 aliphatic carbocycles. The summed E-state index contributed by atoms with van der Waals surface area (Å²) in [5.74, 6) is 1.47. The molecule has 0 rings (SSSR count). The summed E-state index contributed by atoms with van der Waals surface area (Å²) in [5, 5.41) is 3.38. The number of hydrogen-bond acceptors (Lipinski definition) is 1. The lowest BCUT2D eigenvalue weighted by Crippen LogP contribution is -2.23. The maximum absolute atomic E-state index is 5.67. The highest BCUT2D eigenvalue weighted by molar-refractivity contribution is 6.18. The molecule has 1 unspecified atom stereocenters. The second kappa shape index (κ2) is 6.93. The van der Waals surface area contributed by atoms with Gasteiger partial charge in [0, 0.05) is 11.9 Å². The van der Waals surface area contributed by atoms with Crippen molar-refractivity contribution in [3.8, 4) is 0 Å². The molecule has 0 spiro atoms. The van der Waals surface area contributed by atoms with Gasteiger partial charge < -0.3 is 5.32 Å². The van der Waals surface area contributed by atoms with E-state index in [-0.39, 0.29) is 0 Å². The molecule has 1 atom stereocenters. The molecule has 68 valence electrons. The number of hydrogen-bond donors (Lipinski definition) is 1. The molecule has 1 N–H and O–H groups in total. The molecule has 0 bridgehead atoms. The van der Waals surface area contributed by atoms with E-state index in [0.29, 0.717) is 12.0 Å². The third kappa shape index (κ3) is 8.15. The predicted octanol–water partition coefficient (Wildman–Crippen LogP) is 2.64. The highest BCUT2D eigenvalue weighted by Gasteiger charge is 1.99. The summed E-state index contributed by atoms with van der Waals surface area (Å²) >= 11 is 5.67. The zero-order chi connectivity index (χ0) is 8.69. The fraction of sp³-hybridized carbons (Fsp3) is 1.00. The van der Waals surface area contributed by atoms with E-state index in [4.69, 9.17) is 11.6 Å². The summed E-state index contributed by atoms with van der Waals surface area (Å²) in [5.41, 5.74) is 0. The molecule has 1 nitrogen and oxygen atoms in total. The van der Waals surface area contributed by atoms with Crippen LogP contribution in [0.1, 0.15) is 33.6 Å². The maximum Gasteiger partial charge on any atom is 0.0249 e. The van der Waals surface area contributed by atoms with Gasteiger partial charge in [-0.1, -0.05) is 20.8 Å². The molecule has 11 heavy (non-hydrogen) atoms. The van der Waals surface area contributed by atoms with E-state index in [1.807, 2.05) is 0 Å². The number of rotatable bonds is 6. The minimum atomic E-state index is 0.612. The standard InChI is InChI=1S/C9H20ClN/c1-8(2)11-6-4-5-9(3)7-10/h8-9,11H,4-7H2,1-3H3. The molecule has 0 aromatic carbocycles. The summed E-state index contributed by atoms with van der Waals surface area (Å²) in [7, 11) is 0. The van der Waals surface area contributed by atoms with E-state index < -0.39 is 0 Å². The summed E-state index contributed by atoms with van der Waals surface area (Å²) in [4.78, 5) is 0. The summed E-state index contributed by atoms with van der Waals surface area (Å²) in [6, 6.07) is 0.612. The van der Waals surface area contributed by atoms with Crippen LogP contribution in [0.15, 0.2) is 0 Å². The fourth-order valence-electron chi connectivity index (χ4n) is 0.918. The van der Waals surface area contributed by atoms with Gasteiger partial charge in [-0.3, -0.25) is 0 Å². The van der Waals surface area contributed by atoms with E-state index in [0.717, 1.165) is 12.4 Å². The molecule has 0 heterocycles. The lowest BCUT2D eigenvalue weighted by atomic mass is 10.1. The third-order valence-electron chi connectivity index (χ3n) is 1.69. The Morgan fingerprint density at radius 1 is 1.27 bits per heavy atom. The molecule has 0 aromatic heterocycles. The van der Waals surface area contributed by atoms with E-state index in [9.17, 15) is 0 Å². The maximum atomic E-state index is 5.67. The fourth-order valence-corrected chi connectivity index (χ4v) is 1.07. The topological polar surface area (TPSA) is 12.0 Å². The highest BCUT2D eigenvalue weighted by atomic mass is 35.5. The van der Waals surface area contributed by atoms with Crippen LogP contribution in [0.5, 0.6) is 0 Å². The van der Waals surface area contributed by atoms with Gasteiger partial charge >= 0.3 is 0 Å². The second-order valence-electron chi connectivity index (χ2n) is 3.51. The van der Waals surface area contributed by atoms with Gasteiger partial charge in [0.25, 0.3) is 0 Å². The molecule has 0 saturated carbocycles. The van der Waals surface area contributed by atoms with E-state index in [1.165, 1.54) is 12.8 Å². The zero-order valence-corrected chi connectivity index (χ0v) is 8.62. The lowest BCUT2D eigenvalue weighted by molar-refractivity contribution is 0.506. The number of alkyl halides is 1. The Balaban J connectivity index is 3.01. The molecular weight excluding hydrogens is 158 g/mol. The Bertz CT molecular complexity index is 83.6. The van der Waals surface area contributed by atoms with Crippen LogP contribution >= 0.6 is 11.6 Å². The normalized spacial score (nSPS) is 13.9. The average Bonchev–Trinajstić information content (AvgIpc) is 1.97. The van der Waals surface area contributed by atoms with Crippen LogP contribution in [0.4, 0.5) is 0 Å². The van der Waals surface area contributed by atoms with Gasteiger partial charge in [0.1, 0.15) is 0 Å². The minimum Gasteiger partial charge on any atom is -0.315 e. The molecule has 0 aromatic rings. The monoisotopic (exact) mass is 177 g/mol. The lowest BCUT2D eigenvalue weighted by Gasteiger charge is -2.09. The highest BCUT2D eigenvalue weighted by Crippen LogP contribution is 2.05. The van der Waals surface area contributed by atoms with Crippen molar-refractivity contribution in [3.05, 3.63) is 0 Å². The first-order valence-electron chi connectivity index (χ1n) is 4.46. The van der Waals surface area contributed by atoms with Crippen molar-refractivity contribution < 1.29 is 0 Å². The van der Waals surface area contributed by atoms with Crippen LogP contribution in [-0.4, -0.2) is 18.5 Å². The van der Waals surface area contributed by atoms with Crippen molar-refractivity contribution >= 4 is 11.6 Å². The summed E-state index contributed by atoms with van der Waals surface area (Å²) in [6.07, 6.45) is 2.48. The van der Waals surface area contributed by atoms with Crippen molar-refractivity contribution in [1.82, 2.24) is 5.32 Å². The van der Waals surface area contributed by atoms with Crippen LogP contribution in [0, 0.1) is 5.92 Å². The van der Waals surface area contributed by atoms with Gasteiger partial charge in [-0.25, -0.2) is 0 Å². The van der Waals surface area contributed by atoms with E-state index >= 15 is 0 Å². The number of halogens is 1. The van der Waals surface area contributed by atoms with Crippen LogP contribution in [0.2, 0.25) is 0 Å². The summed E-state index contributed by atoms with van der Waals surface area (Å²) in [6.45, 7) is 7.66. The van der Waals surface area contributed by atoms with Crippen LogP contribution < -0.4 is 5.32 Å². The molecule has 0 amide bonds. The van der Waals surface area contributed by atoms with Crippen LogP contribution in [0.25, 0.3) is 0 Å². The molecule has 0 aliphatic rings. The van der Waals surface area contributed by atoms with E-state index in [2.05, 4.69) is 26.1 Å². The first-order valence-corrected chi connectivity index (χ1v) is 4.99. The Hall–Kier alpha value is 0.250. The molecular formula is C9H20ClN. The first kappa shape index (κ1) is 11.2. The van der Waals surface area contributed by atoms with Crippen molar-refractivity contribution in [1.29, 1.82) is 0 Å². The zero-order valence-electron chi connectivity index (χ0n) is 7.86. The minimum absolute atomic E-state index is 0.612. The van der Waals surface area contributed by atoms with Crippen molar-refractivity contribution in [2.24, 2.45) is 5.92 Å². The van der Waals surface area contributed by atoms with Crippen molar-refractivity contribution in [2.75, 3.05) is 12.4 Å². The number of nitrogens with one attached hydrogen (secondary N) is 1. The average molecular weight is 178 g/mol. The van der Waals surface area contributed by atoms with Gasteiger partial charge in [-0.2, -0.15) is 0 Å². The van der Waals surface area contributed by atoms with Crippen LogP contribution in [0.3, 0.4) is 0 Å². The SMILES string of the molecule is CC(CCl)CCCNC(C)C. The molecule has 0 saturated heterocycles. The van der Waals surface area contributed by atoms with Crippen molar-refractivity contribution in [2.45, 2.75) is 39.7 Å². The van der Waals surface area contributed by atoms with Gasteiger partial charge in [-0.15, -0.1) is 11.6 Å². The molecule has 2 heteroatoms. The Morgan fingerprint density at radius 3 is 2.36 bits per heavy atom. The largest absolute Gasteiger partial charge is 0.315 e. The third-order valence-corrected chi connectivity index (χ3v) is 2.22. The van der Waals surface area contributed by atoms with Gasteiger partial charge in [0.15, 0.2) is 0 Å². The smallest absolute Gasteiger partial charge is 0.0249 e. The molecule has 0 aliphatic heterocycles. The Labute approximate surface area is 75.5 Å². The van der Waals surface area contributed by atoms with Gasteiger partial charge in [0.05, 0.1) is 0 Å². The predicted molar refractivity (Wildman–Crippen MR) is 52.3 cm³/mol. The van der Waals surface area contributed by atoms with Crippen molar-refractivity contribution in [3.63, 3.8) is 0 Å². The van der Waals surface area contributed by atoms with E-state index in [1.54, 1.807) is 0 Å².